The summed E-state index contributed by atoms with van der Waals surface area (Å²) < 4.78 is 44.5. The van der Waals surface area contributed by atoms with E-state index in [0.29, 0.717) is 5.75 Å². The summed E-state index contributed by atoms with van der Waals surface area (Å²) in [6.07, 6.45) is 0.936. The van der Waals surface area contributed by atoms with Crippen LogP contribution in [0.25, 0.3) is 0 Å². The third-order valence-electron chi connectivity index (χ3n) is 4.25. The molecule has 1 aliphatic heterocycles. The smallest absolute Gasteiger partial charge is 0.206 e. The van der Waals surface area contributed by atoms with Crippen LogP contribution in [0.2, 0.25) is 0 Å². The summed E-state index contributed by atoms with van der Waals surface area (Å²) in [6.45, 7) is 1.61. The van der Waals surface area contributed by atoms with Crippen molar-refractivity contribution >= 4 is 9.84 Å². The number of sulfone groups is 1. The molecule has 7 heteroatoms. The van der Waals surface area contributed by atoms with E-state index in [-0.39, 0.29) is 28.9 Å². The van der Waals surface area contributed by atoms with Gasteiger partial charge in [0.1, 0.15) is 18.2 Å². The van der Waals surface area contributed by atoms with E-state index in [0.717, 1.165) is 31.1 Å². The predicted molar refractivity (Wildman–Crippen MR) is 91.1 cm³/mol. The fourth-order valence-electron chi connectivity index (χ4n) is 2.99. The van der Waals surface area contributed by atoms with Crippen LogP contribution in [-0.2, 0) is 9.84 Å². The first-order valence-corrected chi connectivity index (χ1v) is 9.59. The van der Waals surface area contributed by atoms with Gasteiger partial charge in [0.25, 0.3) is 0 Å². The van der Waals surface area contributed by atoms with Gasteiger partial charge in [-0.25, -0.2) is 12.8 Å². The average Bonchev–Trinajstić information content (AvgIpc) is 3.14. The first-order valence-electron chi connectivity index (χ1n) is 8.11. The summed E-state index contributed by atoms with van der Waals surface area (Å²) >= 11 is 0. The van der Waals surface area contributed by atoms with Crippen molar-refractivity contribution in [2.75, 3.05) is 26.3 Å². The van der Waals surface area contributed by atoms with Crippen LogP contribution < -0.4 is 10.1 Å². The first kappa shape index (κ1) is 17.8. The molecule has 1 atom stereocenters. The number of aliphatic hydroxyl groups is 1. The highest BCUT2D eigenvalue weighted by molar-refractivity contribution is 7.91. The van der Waals surface area contributed by atoms with E-state index in [9.17, 15) is 12.8 Å². The lowest BCUT2D eigenvalue weighted by Gasteiger charge is -2.17. The molecule has 0 aliphatic carbocycles. The summed E-state index contributed by atoms with van der Waals surface area (Å²) in [7, 11) is -3.85. The molecule has 0 saturated carbocycles. The predicted octanol–water partition coefficient (Wildman–Crippen LogP) is 2.11. The van der Waals surface area contributed by atoms with Gasteiger partial charge in [-0.05, 0) is 48.9 Å². The summed E-state index contributed by atoms with van der Waals surface area (Å²) in [5.41, 5.74) is 0.914. The van der Waals surface area contributed by atoms with Crippen LogP contribution in [0.4, 0.5) is 4.39 Å². The van der Waals surface area contributed by atoms with Crippen LogP contribution in [0.5, 0.6) is 5.75 Å². The second kappa shape index (κ2) is 7.51. The Morgan fingerprint density at radius 1 is 1.20 bits per heavy atom. The van der Waals surface area contributed by atoms with Gasteiger partial charge in [0, 0.05) is 12.5 Å². The summed E-state index contributed by atoms with van der Waals surface area (Å²) in [5, 5.41) is 12.3. The van der Waals surface area contributed by atoms with E-state index < -0.39 is 15.7 Å². The van der Waals surface area contributed by atoms with Crippen LogP contribution in [0.15, 0.2) is 52.3 Å². The highest BCUT2D eigenvalue weighted by atomic mass is 32.2. The largest absolute Gasteiger partial charge is 0.491 e. The molecule has 2 N–H and O–H groups in total. The number of hydrogen-bond donors (Lipinski definition) is 2. The Balaban J connectivity index is 2.01. The number of halogens is 1. The van der Waals surface area contributed by atoms with Crippen molar-refractivity contribution in [2.24, 2.45) is 0 Å². The van der Waals surface area contributed by atoms with Crippen LogP contribution in [0.1, 0.15) is 17.9 Å². The molecule has 3 rings (SSSR count). The quantitative estimate of drug-likeness (QED) is 0.820. The van der Waals surface area contributed by atoms with Crippen LogP contribution in [0, 0.1) is 5.82 Å². The zero-order valence-electron chi connectivity index (χ0n) is 13.6. The number of rotatable bonds is 6. The van der Waals surface area contributed by atoms with Crippen molar-refractivity contribution < 1.29 is 22.7 Å². The molecule has 1 fully saturated rings. The number of benzene rings is 2. The molecule has 0 aromatic heterocycles. The average molecular weight is 365 g/mol. The molecule has 25 heavy (non-hydrogen) atoms. The molecule has 0 bridgehead atoms. The monoisotopic (exact) mass is 365 g/mol. The van der Waals surface area contributed by atoms with Crippen molar-refractivity contribution in [2.45, 2.75) is 22.1 Å². The SMILES string of the molecule is O=S(=O)(c1cccc(F)c1)c1ccc([C@@H]2CCNC2)c(OCCO)c1. The molecule has 5 nitrogen and oxygen atoms in total. The summed E-state index contributed by atoms with van der Waals surface area (Å²) in [6, 6.07) is 9.66. The van der Waals surface area contributed by atoms with Crippen molar-refractivity contribution in [1.29, 1.82) is 0 Å². The molecular weight excluding hydrogens is 345 g/mol. The van der Waals surface area contributed by atoms with Gasteiger partial charge >= 0.3 is 0 Å². The number of aliphatic hydroxyl groups excluding tert-OH is 1. The molecule has 0 unspecified atom stereocenters. The molecule has 0 amide bonds. The van der Waals surface area contributed by atoms with Crippen LogP contribution >= 0.6 is 0 Å². The molecule has 2 aromatic rings. The number of ether oxygens (including phenoxy) is 1. The highest BCUT2D eigenvalue weighted by Crippen LogP contribution is 2.34. The Morgan fingerprint density at radius 2 is 2.00 bits per heavy atom. The molecule has 1 saturated heterocycles. The third kappa shape index (κ3) is 3.84. The lowest BCUT2D eigenvalue weighted by molar-refractivity contribution is 0.199. The number of hydrogen-bond acceptors (Lipinski definition) is 5. The van der Waals surface area contributed by atoms with Crippen molar-refractivity contribution in [3.05, 3.63) is 53.8 Å². The van der Waals surface area contributed by atoms with E-state index in [1.54, 1.807) is 6.07 Å². The van der Waals surface area contributed by atoms with Gasteiger partial charge in [-0.1, -0.05) is 12.1 Å². The molecule has 1 heterocycles. The number of nitrogens with one attached hydrogen (secondary N) is 1. The Hall–Kier alpha value is -1.96. The topological polar surface area (TPSA) is 75.6 Å². The van der Waals surface area contributed by atoms with Gasteiger partial charge < -0.3 is 15.2 Å². The normalized spacial score (nSPS) is 17.6. The Kier molecular flexibility index (Phi) is 5.36. The van der Waals surface area contributed by atoms with Crippen molar-refractivity contribution in [3.8, 4) is 5.75 Å². The minimum Gasteiger partial charge on any atom is -0.491 e. The standard InChI is InChI=1S/C18H20FNO4S/c19-14-2-1-3-15(10-14)25(22,23)16-4-5-17(13-6-7-20-12-13)18(11-16)24-9-8-21/h1-5,10-11,13,20-21H,6-9,12H2/t13-/m1/s1. The third-order valence-corrected chi connectivity index (χ3v) is 6.00. The maximum absolute atomic E-state index is 13.4. The second-order valence-corrected chi connectivity index (χ2v) is 7.87. The van der Waals surface area contributed by atoms with E-state index in [4.69, 9.17) is 9.84 Å². The Morgan fingerprint density at radius 3 is 2.68 bits per heavy atom. The van der Waals surface area contributed by atoms with Gasteiger partial charge in [0.15, 0.2) is 0 Å². The molecule has 134 valence electrons. The molecule has 2 aromatic carbocycles. The fraction of sp³-hybridized carbons (Fsp3) is 0.333. The maximum Gasteiger partial charge on any atom is 0.206 e. The van der Waals surface area contributed by atoms with E-state index >= 15 is 0 Å². The summed E-state index contributed by atoms with van der Waals surface area (Å²) in [5.74, 6) is 0.0753. The van der Waals surface area contributed by atoms with E-state index in [1.165, 1.54) is 30.3 Å². The Labute approximate surface area is 146 Å². The minimum absolute atomic E-state index is 0.0424. The fourth-order valence-corrected chi connectivity index (χ4v) is 4.30. The Bertz CT molecular complexity index is 848. The molecular formula is C18H20FNO4S. The minimum atomic E-state index is -3.85. The van der Waals surface area contributed by atoms with E-state index in [1.807, 2.05) is 0 Å². The molecule has 1 aliphatic rings. The van der Waals surface area contributed by atoms with Gasteiger partial charge in [0.2, 0.25) is 9.84 Å². The van der Waals surface area contributed by atoms with Gasteiger partial charge in [-0.2, -0.15) is 0 Å². The lowest BCUT2D eigenvalue weighted by Crippen LogP contribution is -2.11. The van der Waals surface area contributed by atoms with Crippen molar-refractivity contribution in [3.63, 3.8) is 0 Å². The highest BCUT2D eigenvalue weighted by Gasteiger charge is 2.24. The molecule has 0 radical (unpaired) electrons. The van der Waals surface area contributed by atoms with Gasteiger partial charge in [-0.15, -0.1) is 0 Å². The lowest BCUT2D eigenvalue weighted by atomic mass is 9.97. The van der Waals surface area contributed by atoms with Gasteiger partial charge in [-0.3, -0.25) is 0 Å². The maximum atomic E-state index is 13.4. The van der Waals surface area contributed by atoms with Crippen LogP contribution in [0.3, 0.4) is 0 Å². The first-order chi connectivity index (χ1) is 12.0. The zero-order chi connectivity index (χ0) is 17.9. The van der Waals surface area contributed by atoms with E-state index in [2.05, 4.69) is 5.32 Å². The van der Waals surface area contributed by atoms with Crippen molar-refractivity contribution in [1.82, 2.24) is 5.32 Å². The van der Waals surface area contributed by atoms with Crippen LogP contribution in [-0.4, -0.2) is 39.8 Å². The zero-order valence-corrected chi connectivity index (χ0v) is 14.4. The molecule has 0 spiro atoms. The second-order valence-electron chi connectivity index (χ2n) is 5.92. The summed E-state index contributed by atoms with van der Waals surface area (Å²) in [4.78, 5) is -0.0587. The van der Waals surface area contributed by atoms with Gasteiger partial charge in [0.05, 0.1) is 16.4 Å².